The summed E-state index contributed by atoms with van der Waals surface area (Å²) in [5, 5.41) is 8.89. The Bertz CT molecular complexity index is 226. The molecule has 0 bridgehead atoms. The van der Waals surface area contributed by atoms with Crippen LogP contribution in [0.2, 0.25) is 0 Å². The van der Waals surface area contributed by atoms with Crippen LogP contribution in [0.1, 0.15) is 46.0 Å². The second-order valence-corrected chi connectivity index (χ2v) is 3.65. The molecule has 0 heterocycles. The topological polar surface area (TPSA) is 37.3 Å². The van der Waals surface area contributed by atoms with Crippen LogP contribution in [-0.2, 0) is 4.79 Å². The average molecular weight is 196 g/mol. The quantitative estimate of drug-likeness (QED) is 0.384. The minimum atomic E-state index is -0.789. The largest absolute Gasteiger partial charge is 0.478 e. The highest BCUT2D eigenvalue weighted by atomic mass is 16.4. The van der Waals surface area contributed by atoms with Crippen molar-refractivity contribution in [2.24, 2.45) is 0 Å². The molecular weight excluding hydrogens is 176 g/mol. The van der Waals surface area contributed by atoms with E-state index in [1.165, 1.54) is 0 Å². The van der Waals surface area contributed by atoms with E-state index in [0.717, 1.165) is 24.8 Å². The Hall–Kier alpha value is -1.05. The van der Waals surface area contributed by atoms with Gasteiger partial charge in [0.2, 0.25) is 0 Å². The smallest absolute Gasteiger partial charge is 0.331 e. The molecule has 0 aliphatic heterocycles. The first kappa shape index (κ1) is 12.9. The Morgan fingerprint density at radius 1 is 1.43 bits per heavy atom. The van der Waals surface area contributed by atoms with Gasteiger partial charge in [0.15, 0.2) is 0 Å². The predicted octanol–water partition coefficient (Wildman–Crippen LogP) is 3.54. The summed E-state index contributed by atoms with van der Waals surface area (Å²) in [6.45, 7) is 7.76. The van der Waals surface area contributed by atoms with E-state index < -0.39 is 5.97 Å². The number of rotatable bonds is 7. The second-order valence-electron chi connectivity index (χ2n) is 3.65. The van der Waals surface area contributed by atoms with Crippen molar-refractivity contribution in [3.63, 3.8) is 0 Å². The van der Waals surface area contributed by atoms with Gasteiger partial charge in [-0.25, -0.2) is 4.79 Å². The van der Waals surface area contributed by atoms with E-state index >= 15 is 0 Å². The van der Waals surface area contributed by atoms with E-state index in [-0.39, 0.29) is 0 Å². The number of carboxylic acid groups (broad SMARTS) is 1. The SMILES string of the molecule is C=C(C)C/C=C(/CCCCC)C(=O)O. The van der Waals surface area contributed by atoms with Crippen molar-refractivity contribution >= 4 is 5.97 Å². The molecule has 2 heteroatoms. The van der Waals surface area contributed by atoms with Gasteiger partial charge in [-0.3, -0.25) is 0 Å². The van der Waals surface area contributed by atoms with E-state index in [9.17, 15) is 4.79 Å². The Kier molecular flexibility index (Phi) is 6.81. The van der Waals surface area contributed by atoms with Crippen LogP contribution in [-0.4, -0.2) is 11.1 Å². The standard InChI is InChI=1S/C12H20O2/c1-4-5-6-7-11(12(13)14)9-8-10(2)3/h9H,2,4-8H2,1,3H3,(H,13,14)/b11-9-. The van der Waals surface area contributed by atoms with E-state index in [1.807, 2.05) is 6.92 Å². The van der Waals surface area contributed by atoms with Crippen molar-refractivity contribution in [1.82, 2.24) is 0 Å². The van der Waals surface area contributed by atoms with Gasteiger partial charge < -0.3 is 5.11 Å². The number of carboxylic acids is 1. The third-order valence-electron chi connectivity index (χ3n) is 2.02. The lowest BCUT2D eigenvalue weighted by molar-refractivity contribution is -0.132. The van der Waals surface area contributed by atoms with Crippen molar-refractivity contribution in [2.45, 2.75) is 46.0 Å². The predicted molar refractivity (Wildman–Crippen MR) is 59.3 cm³/mol. The molecule has 2 nitrogen and oxygen atoms in total. The lowest BCUT2D eigenvalue weighted by atomic mass is 10.1. The maximum atomic E-state index is 10.8. The molecule has 0 aromatic carbocycles. The first-order chi connectivity index (χ1) is 6.57. The molecule has 14 heavy (non-hydrogen) atoms. The van der Waals surface area contributed by atoms with Crippen LogP contribution in [0.15, 0.2) is 23.8 Å². The van der Waals surface area contributed by atoms with E-state index in [0.29, 0.717) is 18.4 Å². The number of unbranched alkanes of at least 4 members (excludes halogenated alkanes) is 2. The van der Waals surface area contributed by atoms with Gasteiger partial charge in [0.1, 0.15) is 0 Å². The van der Waals surface area contributed by atoms with Crippen LogP contribution >= 0.6 is 0 Å². The molecule has 0 amide bonds. The maximum Gasteiger partial charge on any atom is 0.331 e. The molecule has 0 aromatic heterocycles. The van der Waals surface area contributed by atoms with Crippen molar-refractivity contribution in [1.29, 1.82) is 0 Å². The molecule has 0 radical (unpaired) electrons. The molecule has 0 fully saturated rings. The third-order valence-corrected chi connectivity index (χ3v) is 2.02. The highest BCUT2D eigenvalue weighted by molar-refractivity contribution is 5.86. The van der Waals surface area contributed by atoms with Crippen LogP contribution in [0.4, 0.5) is 0 Å². The minimum absolute atomic E-state index is 0.529. The Morgan fingerprint density at radius 2 is 2.07 bits per heavy atom. The number of carbonyl (C=O) groups is 1. The first-order valence-corrected chi connectivity index (χ1v) is 5.14. The number of hydrogen-bond acceptors (Lipinski definition) is 1. The highest BCUT2D eigenvalue weighted by Crippen LogP contribution is 2.11. The molecule has 0 aliphatic rings. The summed E-state index contributed by atoms with van der Waals surface area (Å²) in [5.41, 5.74) is 1.53. The molecule has 0 aliphatic carbocycles. The molecule has 0 saturated heterocycles. The summed E-state index contributed by atoms with van der Waals surface area (Å²) in [5.74, 6) is -0.789. The van der Waals surface area contributed by atoms with E-state index in [2.05, 4.69) is 13.5 Å². The van der Waals surface area contributed by atoms with E-state index in [1.54, 1.807) is 6.08 Å². The third kappa shape index (κ3) is 6.46. The minimum Gasteiger partial charge on any atom is -0.478 e. The fourth-order valence-corrected chi connectivity index (χ4v) is 1.16. The van der Waals surface area contributed by atoms with Crippen molar-refractivity contribution in [2.75, 3.05) is 0 Å². The lowest BCUT2D eigenvalue weighted by Gasteiger charge is -2.01. The van der Waals surface area contributed by atoms with Gasteiger partial charge in [0, 0.05) is 5.57 Å². The highest BCUT2D eigenvalue weighted by Gasteiger charge is 2.05. The summed E-state index contributed by atoms with van der Waals surface area (Å²) in [6, 6.07) is 0. The number of aliphatic carboxylic acids is 1. The number of hydrogen-bond donors (Lipinski definition) is 1. The average Bonchev–Trinajstić information content (AvgIpc) is 2.10. The molecule has 1 N–H and O–H groups in total. The fraction of sp³-hybridized carbons (Fsp3) is 0.583. The van der Waals surface area contributed by atoms with Gasteiger partial charge in [-0.2, -0.15) is 0 Å². The monoisotopic (exact) mass is 196 g/mol. The molecule has 80 valence electrons. The molecule has 0 atom stereocenters. The molecule has 0 unspecified atom stereocenters. The molecule has 0 saturated carbocycles. The maximum absolute atomic E-state index is 10.8. The van der Waals surface area contributed by atoms with Crippen LogP contribution in [0.3, 0.4) is 0 Å². The summed E-state index contributed by atoms with van der Waals surface area (Å²) in [4.78, 5) is 10.8. The zero-order valence-electron chi connectivity index (χ0n) is 9.18. The normalized spacial score (nSPS) is 11.4. The van der Waals surface area contributed by atoms with Crippen LogP contribution in [0.25, 0.3) is 0 Å². The second kappa shape index (κ2) is 7.36. The van der Waals surface area contributed by atoms with Gasteiger partial charge in [-0.15, -0.1) is 0 Å². The lowest BCUT2D eigenvalue weighted by Crippen LogP contribution is -2.00. The van der Waals surface area contributed by atoms with Crippen molar-refractivity contribution < 1.29 is 9.90 Å². The van der Waals surface area contributed by atoms with Crippen LogP contribution < -0.4 is 0 Å². The zero-order chi connectivity index (χ0) is 11.0. The van der Waals surface area contributed by atoms with Gasteiger partial charge in [-0.05, 0) is 26.2 Å². The zero-order valence-corrected chi connectivity index (χ0v) is 9.18. The molecule has 0 aromatic rings. The summed E-state index contributed by atoms with van der Waals surface area (Å²) in [6.07, 6.45) is 6.31. The van der Waals surface area contributed by atoms with Crippen molar-refractivity contribution in [3.8, 4) is 0 Å². The Labute approximate surface area is 86.3 Å². The summed E-state index contributed by atoms with van der Waals surface area (Å²) >= 11 is 0. The van der Waals surface area contributed by atoms with E-state index in [4.69, 9.17) is 5.11 Å². The molecule has 0 spiro atoms. The first-order valence-electron chi connectivity index (χ1n) is 5.14. The molecule has 0 rings (SSSR count). The molecular formula is C12H20O2. The van der Waals surface area contributed by atoms with Gasteiger partial charge >= 0.3 is 5.97 Å². The van der Waals surface area contributed by atoms with Gasteiger partial charge in [0.25, 0.3) is 0 Å². The van der Waals surface area contributed by atoms with Crippen LogP contribution in [0, 0.1) is 0 Å². The van der Waals surface area contributed by atoms with Crippen molar-refractivity contribution in [3.05, 3.63) is 23.8 Å². The fourth-order valence-electron chi connectivity index (χ4n) is 1.16. The van der Waals surface area contributed by atoms with Gasteiger partial charge in [0.05, 0.1) is 0 Å². The Morgan fingerprint density at radius 3 is 2.50 bits per heavy atom. The summed E-state index contributed by atoms with van der Waals surface area (Å²) < 4.78 is 0. The summed E-state index contributed by atoms with van der Waals surface area (Å²) in [7, 11) is 0. The Balaban J connectivity index is 4.08. The number of allylic oxidation sites excluding steroid dienone is 2. The van der Waals surface area contributed by atoms with Crippen LogP contribution in [0.5, 0.6) is 0 Å². The van der Waals surface area contributed by atoms with Gasteiger partial charge in [-0.1, -0.05) is 38.0 Å².